The van der Waals surface area contributed by atoms with Crippen molar-refractivity contribution < 1.29 is 9.53 Å². The molecule has 5 nitrogen and oxygen atoms in total. The Morgan fingerprint density at radius 3 is 2.88 bits per heavy atom. The zero-order valence-corrected chi connectivity index (χ0v) is 10.8. The minimum absolute atomic E-state index is 0.0463. The van der Waals surface area contributed by atoms with Gasteiger partial charge in [-0.15, -0.1) is 0 Å². The summed E-state index contributed by atoms with van der Waals surface area (Å²) in [4.78, 5) is 18.2. The van der Waals surface area contributed by atoms with E-state index >= 15 is 0 Å². The van der Waals surface area contributed by atoms with Crippen LogP contribution in [0.25, 0.3) is 0 Å². The van der Waals surface area contributed by atoms with E-state index in [0.717, 1.165) is 25.9 Å². The number of aliphatic imine (C=N–C) groups is 1. The SMILES string of the molecule is CC(C)(C)OC(=O)N1CCCC1C1N=CCN1. The smallest absolute Gasteiger partial charge is 0.410 e. The fraction of sp³-hybridized carbons (Fsp3) is 0.833. The highest BCUT2D eigenvalue weighted by Gasteiger charge is 2.37. The molecule has 2 heterocycles. The summed E-state index contributed by atoms with van der Waals surface area (Å²) in [6.07, 6.45) is 3.72. The first-order valence-electron chi connectivity index (χ1n) is 6.22. The zero-order chi connectivity index (χ0) is 12.5. The quantitative estimate of drug-likeness (QED) is 0.752. The molecule has 0 aromatic rings. The molecular formula is C12H21N3O2. The summed E-state index contributed by atoms with van der Waals surface area (Å²) < 4.78 is 5.42. The number of hydrogen-bond donors (Lipinski definition) is 1. The summed E-state index contributed by atoms with van der Waals surface area (Å²) >= 11 is 0. The average molecular weight is 239 g/mol. The first-order valence-corrected chi connectivity index (χ1v) is 6.22. The van der Waals surface area contributed by atoms with Crippen molar-refractivity contribution in [3.05, 3.63) is 0 Å². The Morgan fingerprint density at radius 2 is 2.29 bits per heavy atom. The number of rotatable bonds is 1. The van der Waals surface area contributed by atoms with E-state index < -0.39 is 5.60 Å². The number of nitrogens with zero attached hydrogens (tertiary/aromatic N) is 2. The molecule has 0 aromatic heterocycles. The fourth-order valence-electron chi connectivity index (χ4n) is 2.30. The number of amides is 1. The van der Waals surface area contributed by atoms with Crippen molar-refractivity contribution in [2.75, 3.05) is 13.1 Å². The van der Waals surface area contributed by atoms with Crippen molar-refractivity contribution in [1.29, 1.82) is 0 Å². The van der Waals surface area contributed by atoms with Crippen molar-refractivity contribution in [1.82, 2.24) is 10.2 Å². The monoisotopic (exact) mass is 239 g/mol. The van der Waals surface area contributed by atoms with E-state index in [4.69, 9.17) is 4.74 Å². The number of carbonyl (C=O) groups excluding carboxylic acids is 1. The van der Waals surface area contributed by atoms with Crippen molar-refractivity contribution in [2.24, 2.45) is 4.99 Å². The Balaban J connectivity index is 1.99. The summed E-state index contributed by atoms with van der Waals surface area (Å²) in [6, 6.07) is 0.142. The van der Waals surface area contributed by atoms with Crippen LogP contribution < -0.4 is 5.32 Å². The third-order valence-electron chi connectivity index (χ3n) is 2.98. The van der Waals surface area contributed by atoms with Gasteiger partial charge in [-0.1, -0.05) is 0 Å². The molecule has 1 N–H and O–H groups in total. The minimum atomic E-state index is -0.434. The van der Waals surface area contributed by atoms with Gasteiger partial charge in [0.15, 0.2) is 0 Å². The topological polar surface area (TPSA) is 53.9 Å². The van der Waals surface area contributed by atoms with Crippen LogP contribution in [0.15, 0.2) is 4.99 Å². The molecule has 0 aromatic carbocycles. The zero-order valence-electron chi connectivity index (χ0n) is 10.8. The molecule has 96 valence electrons. The molecule has 2 rings (SSSR count). The number of nitrogens with one attached hydrogen (secondary N) is 1. The normalized spacial score (nSPS) is 28.8. The largest absolute Gasteiger partial charge is 0.444 e. The maximum Gasteiger partial charge on any atom is 0.410 e. The lowest BCUT2D eigenvalue weighted by atomic mass is 10.2. The molecule has 1 fully saturated rings. The highest BCUT2D eigenvalue weighted by Crippen LogP contribution is 2.24. The Kier molecular flexibility index (Phi) is 3.38. The third kappa shape index (κ3) is 2.97. The molecule has 5 heteroatoms. The maximum absolute atomic E-state index is 12.1. The van der Waals surface area contributed by atoms with Crippen LogP contribution in [0.4, 0.5) is 4.79 Å². The molecule has 2 aliphatic heterocycles. The summed E-state index contributed by atoms with van der Waals surface area (Å²) in [7, 11) is 0. The molecular weight excluding hydrogens is 218 g/mol. The second-order valence-electron chi connectivity index (χ2n) is 5.57. The number of likely N-dealkylation sites (tertiary alicyclic amines) is 1. The van der Waals surface area contributed by atoms with Gasteiger partial charge in [0.05, 0.1) is 6.04 Å². The highest BCUT2D eigenvalue weighted by atomic mass is 16.6. The number of ether oxygens (including phenoxy) is 1. The molecule has 2 atom stereocenters. The van der Waals surface area contributed by atoms with Gasteiger partial charge >= 0.3 is 6.09 Å². The predicted molar refractivity (Wildman–Crippen MR) is 66.2 cm³/mol. The Bertz CT molecular complexity index is 322. The van der Waals surface area contributed by atoms with Crippen LogP contribution in [0.5, 0.6) is 0 Å². The Labute approximate surface area is 102 Å². The Morgan fingerprint density at radius 1 is 1.53 bits per heavy atom. The van der Waals surface area contributed by atoms with E-state index in [1.165, 1.54) is 0 Å². The molecule has 2 unspecified atom stereocenters. The van der Waals surface area contributed by atoms with E-state index in [0.29, 0.717) is 0 Å². The van der Waals surface area contributed by atoms with Gasteiger partial charge < -0.3 is 9.64 Å². The second kappa shape index (κ2) is 4.64. The minimum Gasteiger partial charge on any atom is -0.444 e. The number of carbonyl (C=O) groups is 1. The highest BCUT2D eigenvalue weighted by molar-refractivity contribution is 5.69. The first-order chi connectivity index (χ1) is 7.97. The van der Waals surface area contributed by atoms with Crippen molar-refractivity contribution in [3.8, 4) is 0 Å². The standard InChI is InChI=1S/C12H21N3O2/c1-12(2,3)17-11(16)15-8-4-5-9(15)10-13-6-7-14-10/h6,9-10,14H,4-5,7-8H2,1-3H3. The molecule has 17 heavy (non-hydrogen) atoms. The van der Waals surface area contributed by atoms with Gasteiger partial charge in [-0.25, -0.2) is 4.79 Å². The lowest BCUT2D eigenvalue weighted by Crippen LogP contribution is -2.48. The number of hydrogen-bond acceptors (Lipinski definition) is 4. The summed E-state index contributed by atoms with van der Waals surface area (Å²) in [5.74, 6) is 0. The molecule has 0 aliphatic carbocycles. The van der Waals surface area contributed by atoms with Gasteiger partial charge in [-0.05, 0) is 33.6 Å². The summed E-state index contributed by atoms with van der Waals surface area (Å²) in [5, 5.41) is 3.27. The van der Waals surface area contributed by atoms with Gasteiger partial charge in [0, 0.05) is 19.3 Å². The van der Waals surface area contributed by atoms with Gasteiger partial charge in [0.1, 0.15) is 11.8 Å². The van der Waals surface area contributed by atoms with Gasteiger partial charge in [0.25, 0.3) is 0 Å². The van der Waals surface area contributed by atoms with Crippen LogP contribution in [-0.4, -0.2) is 48.1 Å². The van der Waals surface area contributed by atoms with Crippen molar-refractivity contribution in [2.45, 2.75) is 51.4 Å². The van der Waals surface area contributed by atoms with Gasteiger partial charge in [0.2, 0.25) is 0 Å². The van der Waals surface area contributed by atoms with Crippen molar-refractivity contribution in [3.63, 3.8) is 0 Å². The maximum atomic E-state index is 12.1. The third-order valence-corrected chi connectivity index (χ3v) is 2.98. The second-order valence-corrected chi connectivity index (χ2v) is 5.57. The molecule has 1 saturated heterocycles. The van der Waals surface area contributed by atoms with Crippen LogP contribution in [0.1, 0.15) is 33.6 Å². The van der Waals surface area contributed by atoms with E-state index in [9.17, 15) is 4.79 Å². The van der Waals surface area contributed by atoms with E-state index in [1.807, 2.05) is 31.9 Å². The van der Waals surface area contributed by atoms with Crippen LogP contribution in [-0.2, 0) is 4.74 Å². The van der Waals surface area contributed by atoms with E-state index in [-0.39, 0.29) is 18.3 Å². The van der Waals surface area contributed by atoms with Crippen LogP contribution in [0.2, 0.25) is 0 Å². The first kappa shape index (κ1) is 12.4. The molecule has 0 saturated carbocycles. The molecule has 0 spiro atoms. The van der Waals surface area contributed by atoms with Crippen LogP contribution >= 0.6 is 0 Å². The summed E-state index contributed by atoms with van der Waals surface area (Å²) in [5.41, 5.74) is -0.434. The molecule has 0 radical (unpaired) electrons. The molecule has 2 aliphatic rings. The fourth-order valence-corrected chi connectivity index (χ4v) is 2.30. The van der Waals surface area contributed by atoms with Crippen LogP contribution in [0.3, 0.4) is 0 Å². The van der Waals surface area contributed by atoms with E-state index in [1.54, 1.807) is 0 Å². The van der Waals surface area contributed by atoms with E-state index in [2.05, 4.69) is 10.3 Å². The van der Waals surface area contributed by atoms with Crippen LogP contribution in [0, 0.1) is 0 Å². The lowest BCUT2D eigenvalue weighted by Gasteiger charge is -2.30. The van der Waals surface area contributed by atoms with Gasteiger partial charge in [-0.2, -0.15) is 0 Å². The Hall–Kier alpha value is -1.10. The lowest BCUT2D eigenvalue weighted by molar-refractivity contribution is 0.0202. The summed E-state index contributed by atoms with van der Waals surface area (Å²) in [6.45, 7) is 7.24. The van der Waals surface area contributed by atoms with Gasteiger partial charge in [-0.3, -0.25) is 10.3 Å². The average Bonchev–Trinajstić information content (AvgIpc) is 2.85. The van der Waals surface area contributed by atoms with Crippen molar-refractivity contribution >= 4 is 12.3 Å². The molecule has 1 amide bonds. The predicted octanol–water partition coefficient (Wildman–Crippen LogP) is 1.39. The molecule has 0 bridgehead atoms.